The van der Waals surface area contributed by atoms with Crippen LogP contribution in [-0.2, 0) is 9.59 Å². The summed E-state index contributed by atoms with van der Waals surface area (Å²) in [5.74, 6) is -1.04. The highest BCUT2D eigenvalue weighted by atomic mass is 16.4. The van der Waals surface area contributed by atoms with E-state index in [2.05, 4.69) is 0 Å². The van der Waals surface area contributed by atoms with E-state index in [0.29, 0.717) is 12.3 Å². The molecule has 0 heterocycles. The number of hydrogen-bond acceptors (Lipinski definition) is 2. The first kappa shape index (κ1) is 17.3. The van der Waals surface area contributed by atoms with Gasteiger partial charge in [-0.25, -0.2) is 0 Å². The minimum Gasteiger partial charge on any atom is -0.481 e. The maximum absolute atomic E-state index is 10.1. The first-order valence-corrected chi connectivity index (χ1v) is 5.75. The van der Waals surface area contributed by atoms with Gasteiger partial charge in [0.1, 0.15) is 0 Å². The Hall–Kier alpha value is -1.06. The molecule has 2 N–H and O–H groups in total. The average Bonchev–Trinajstić information content (AvgIpc) is 2.16. The van der Waals surface area contributed by atoms with Crippen LogP contribution in [0.4, 0.5) is 0 Å². The highest BCUT2D eigenvalue weighted by Gasteiger charge is 2.07. The smallest absolute Gasteiger partial charge is 0.306 e. The molecule has 0 saturated carbocycles. The third-order valence-electron chi connectivity index (χ3n) is 2.08. The predicted octanol–water partition coefficient (Wildman–Crippen LogP) is 3.01. The Morgan fingerprint density at radius 3 is 1.69 bits per heavy atom. The summed E-state index contributed by atoms with van der Waals surface area (Å²) in [5, 5.41) is 16.5. The van der Waals surface area contributed by atoms with Gasteiger partial charge in [-0.15, -0.1) is 0 Å². The molecule has 0 radical (unpaired) electrons. The Kier molecular flexibility index (Phi) is 11.3. The Morgan fingerprint density at radius 2 is 1.56 bits per heavy atom. The molecule has 0 aromatic heterocycles. The molecule has 4 nitrogen and oxygen atoms in total. The molecule has 0 bridgehead atoms. The van der Waals surface area contributed by atoms with Gasteiger partial charge in [-0.1, -0.05) is 34.1 Å². The largest absolute Gasteiger partial charge is 0.481 e. The molecule has 0 aliphatic carbocycles. The number of hydrogen-bond donors (Lipinski definition) is 2. The topological polar surface area (TPSA) is 74.6 Å². The molecule has 0 spiro atoms. The molecule has 4 heteroatoms. The molecule has 0 fully saturated rings. The average molecular weight is 232 g/mol. The lowest BCUT2D eigenvalue weighted by Crippen LogP contribution is -2.08. The van der Waals surface area contributed by atoms with E-state index in [9.17, 15) is 9.59 Å². The van der Waals surface area contributed by atoms with Gasteiger partial charge < -0.3 is 10.2 Å². The minimum atomic E-state index is -0.696. The zero-order valence-electron chi connectivity index (χ0n) is 10.7. The lowest BCUT2D eigenvalue weighted by atomic mass is 10.1. The van der Waals surface area contributed by atoms with Crippen molar-refractivity contribution in [1.82, 2.24) is 0 Å². The molecule has 1 unspecified atom stereocenters. The summed E-state index contributed by atoms with van der Waals surface area (Å²) in [5.41, 5.74) is 0. The van der Waals surface area contributed by atoms with E-state index in [1.165, 1.54) is 0 Å². The standard InChI is InChI=1S/2C6H12O2/c1-5(2)3-4-6(7)8;1-3-4-5(2)6(7)8/h2*5H,3-4H2,1-2H3,(H,7,8). The van der Waals surface area contributed by atoms with Crippen molar-refractivity contribution in [2.45, 2.75) is 53.4 Å². The molecule has 0 aliphatic rings. The number of rotatable bonds is 6. The van der Waals surface area contributed by atoms with Crippen LogP contribution in [0.2, 0.25) is 0 Å². The van der Waals surface area contributed by atoms with E-state index in [0.717, 1.165) is 19.3 Å². The first-order chi connectivity index (χ1) is 7.31. The van der Waals surface area contributed by atoms with Gasteiger partial charge in [0.25, 0.3) is 0 Å². The van der Waals surface area contributed by atoms with Crippen molar-refractivity contribution in [2.24, 2.45) is 11.8 Å². The SMILES string of the molecule is CC(C)CCC(=O)O.CCCC(C)C(=O)O. The Labute approximate surface area is 97.7 Å². The Balaban J connectivity index is 0. The zero-order valence-corrected chi connectivity index (χ0v) is 10.7. The summed E-state index contributed by atoms with van der Waals surface area (Å²) < 4.78 is 0. The summed E-state index contributed by atoms with van der Waals surface area (Å²) in [4.78, 5) is 20.0. The van der Waals surface area contributed by atoms with Gasteiger partial charge in [0.15, 0.2) is 0 Å². The predicted molar refractivity (Wildman–Crippen MR) is 63.4 cm³/mol. The number of aliphatic carboxylic acids is 2. The van der Waals surface area contributed by atoms with Crippen molar-refractivity contribution in [3.05, 3.63) is 0 Å². The third kappa shape index (κ3) is 15.4. The fourth-order valence-electron chi connectivity index (χ4n) is 0.969. The van der Waals surface area contributed by atoms with Crippen molar-refractivity contribution in [3.63, 3.8) is 0 Å². The molecule has 0 saturated heterocycles. The van der Waals surface area contributed by atoms with Crippen LogP contribution in [0.15, 0.2) is 0 Å². The fourth-order valence-corrected chi connectivity index (χ4v) is 0.969. The van der Waals surface area contributed by atoms with Gasteiger partial charge in [-0.3, -0.25) is 9.59 Å². The first-order valence-electron chi connectivity index (χ1n) is 5.75. The van der Waals surface area contributed by atoms with Gasteiger partial charge in [-0.05, 0) is 18.8 Å². The van der Waals surface area contributed by atoms with E-state index >= 15 is 0 Å². The van der Waals surface area contributed by atoms with Crippen molar-refractivity contribution in [3.8, 4) is 0 Å². The normalized spacial score (nSPS) is 11.6. The molecule has 0 aromatic rings. The van der Waals surface area contributed by atoms with Crippen LogP contribution in [0.1, 0.15) is 53.4 Å². The second kappa shape index (κ2) is 10.5. The fraction of sp³-hybridized carbons (Fsp3) is 0.833. The van der Waals surface area contributed by atoms with Gasteiger partial charge in [0, 0.05) is 6.42 Å². The summed E-state index contributed by atoms with van der Waals surface area (Å²) in [6, 6.07) is 0. The van der Waals surface area contributed by atoms with Gasteiger partial charge in [-0.2, -0.15) is 0 Å². The third-order valence-corrected chi connectivity index (χ3v) is 2.08. The van der Waals surface area contributed by atoms with Crippen molar-refractivity contribution in [1.29, 1.82) is 0 Å². The lowest BCUT2D eigenvalue weighted by molar-refractivity contribution is -0.141. The minimum absolute atomic E-state index is 0.167. The van der Waals surface area contributed by atoms with Crippen LogP contribution in [0.3, 0.4) is 0 Å². The van der Waals surface area contributed by atoms with Crippen LogP contribution in [0, 0.1) is 11.8 Å². The molecule has 1 atom stereocenters. The molecule has 0 amide bonds. The highest BCUT2D eigenvalue weighted by Crippen LogP contribution is 2.03. The molecular weight excluding hydrogens is 208 g/mol. The lowest BCUT2D eigenvalue weighted by Gasteiger charge is -2.00. The van der Waals surface area contributed by atoms with E-state index < -0.39 is 11.9 Å². The van der Waals surface area contributed by atoms with Crippen molar-refractivity contribution >= 4 is 11.9 Å². The molecule has 0 aromatic carbocycles. The van der Waals surface area contributed by atoms with Crippen LogP contribution < -0.4 is 0 Å². The van der Waals surface area contributed by atoms with Gasteiger partial charge in [0.2, 0.25) is 0 Å². The van der Waals surface area contributed by atoms with Crippen molar-refractivity contribution < 1.29 is 19.8 Å². The summed E-state index contributed by atoms with van der Waals surface area (Å²) in [6.07, 6.45) is 2.83. The van der Waals surface area contributed by atoms with E-state index in [4.69, 9.17) is 10.2 Å². The van der Waals surface area contributed by atoms with Gasteiger partial charge in [0.05, 0.1) is 5.92 Å². The number of carbonyl (C=O) groups is 2. The van der Waals surface area contributed by atoms with E-state index in [-0.39, 0.29) is 5.92 Å². The monoisotopic (exact) mass is 232 g/mol. The van der Waals surface area contributed by atoms with Crippen LogP contribution in [0.5, 0.6) is 0 Å². The highest BCUT2D eigenvalue weighted by molar-refractivity contribution is 5.69. The Morgan fingerprint density at radius 1 is 1.06 bits per heavy atom. The number of carboxylic acid groups (broad SMARTS) is 2. The molecular formula is C12H24O4. The summed E-state index contributed by atoms with van der Waals surface area (Å²) in [7, 11) is 0. The molecule has 16 heavy (non-hydrogen) atoms. The summed E-state index contributed by atoms with van der Waals surface area (Å²) in [6.45, 7) is 7.75. The Bertz CT molecular complexity index is 199. The quantitative estimate of drug-likeness (QED) is 0.738. The number of carboxylic acids is 2. The maximum atomic E-state index is 10.1. The molecule has 96 valence electrons. The van der Waals surface area contributed by atoms with Gasteiger partial charge >= 0.3 is 11.9 Å². The maximum Gasteiger partial charge on any atom is 0.306 e. The second-order valence-electron chi connectivity index (χ2n) is 4.35. The van der Waals surface area contributed by atoms with E-state index in [1.807, 2.05) is 20.8 Å². The van der Waals surface area contributed by atoms with Crippen LogP contribution in [-0.4, -0.2) is 22.2 Å². The van der Waals surface area contributed by atoms with Crippen molar-refractivity contribution in [2.75, 3.05) is 0 Å². The molecule has 0 aliphatic heterocycles. The van der Waals surface area contributed by atoms with Crippen LogP contribution >= 0.6 is 0 Å². The van der Waals surface area contributed by atoms with Crippen LogP contribution in [0.25, 0.3) is 0 Å². The molecule has 0 rings (SSSR count). The summed E-state index contributed by atoms with van der Waals surface area (Å²) >= 11 is 0. The zero-order chi connectivity index (χ0) is 13.1. The second-order valence-corrected chi connectivity index (χ2v) is 4.35. The van der Waals surface area contributed by atoms with E-state index in [1.54, 1.807) is 6.92 Å².